The molecule has 2 rings (SSSR count). The topological polar surface area (TPSA) is 80.6 Å². The third-order valence-electron chi connectivity index (χ3n) is 3.58. The molecule has 0 saturated carbocycles. The zero-order valence-electron chi connectivity index (χ0n) is 14.7. The Morgan fingerprint density at radius 2 is 1.73 bits per heavy atom. The molecule has 2 aromatic carbocycles. The molecule has 1 N–H and O–H groups in total. The molecule has 0 fully saturated rings. The van der Waals surface area contributed by atoms with Crippen molar-refractivity contribution in [2.24, 2.45) is 0 Å². The molecule has 0 atom stereocenters. The van der Waals surface area contributed by atoms with Gasteiger partial charge in [-0.05, 0) is 36.2 Å². The van der Waals surface area contributed by atoms with Crippen molar-refractivity contribution in [1.29, 1.82) is 5.26 Å². The third kappa shape index (κ3) is 6.36. The summed E-state index contributed by atoms with van der Waals surface area (Å²) in [5, 5.41) is 11.1. The number of rotatable bonds is 10. The van der Waals surface area contributed by atoms with Crippen molar-refractivity contribution in [2.45, 2.75) is 12.8 Å². The van der Waals surface area contributed by atoms with E-state index in [1.165, 1.54) is 0 Å². The van der Waals surface area contributed by atoms with Gasteiger partial charge < -0.3 is 19.5 Å². The first-order valence-electron chi connectivity index (χ1n) is 8.34. The van der Waals surface area contributed by atoms with Gasteiger partial charge in [0.25, 0.3) is 0 Å². The summed E-state index contributed by atoms with van der Waals surface area (Å²) in [6.07, 6.45) is 0.595. The number of amides is 1. The minimum atomic E-state index is -0.248. The average Bonchev–Trinajstić information content (AvgIpc) is 2.67. The Morgan fingerprint density at radius 3 is 2.42 bits per heavy atom. The molecule has 6 nitrogen and oxygen atoms in total. The lowest BCUT2D eigenvalue weighted by atomic mass is 10.1. The Balaban J connectivity index is 1.69. The van der Waals surface area contributed by atoms with Crippen molar-refractivity contribution >= 4 is 5.91 Å². The lowest BCUT2D eigenvalue weighted by molar-refractivity contribution is -0.120. The molecule has 0 unspecified atom stereocenters. The van der Waals surface area contributed by atoms with Gasteiger partial charge in [-0.2, -0.15) is 5.26 Å². The predicted octanol–water partition coefficient (Wildman–Crippen LogP) is 2.73. The number of ether oxygens (including phenoxy) is 3. The molecule has 0 spiro atoms. The Hall–Kier alpha value is -3.20. The summed E-state index contributed by atoms with van der Waals surface area (Å²) in [5.74, 6) is 1.89. The number of carbonyl (C=O) groups excluding carboxylic acids is 1. The summed E-state index contributed by atoms with van der Waals surface area (Å²) in [5.41, 5.74) is 1.08. The molecule has 26 heavy (non-hydrogen) atoms. The summed E-state index contributed by atoms with van der Waals surface area (Å²) < 4.78 is 16.5. The van der Waals surface area contributed by atoms with Crippen LogP contribution in [0.4, 0.5) is 0 Å². The van der Waals surface area contributed by atoms with Crippen LogP contribution in [0.25, 0.3) is 0 Å². The summed E-state index contributed by atoms with van der Waals surface area (Å²) in [6.45, 7) is 1.34. The van der Waals surface area contributed by atoms with Gasteiger partial charge in [0.1, 0.15) is 25.4 Å². The highest BCUT2D eigenvalue weighted by Gasteiger charge is 2.03. The fourth-order valence-corrected chi connectivity index (χ4v) is 2.28. The van der Waals surface area contributed by atoms with Gasteiger partial charge in [0.05, 0.1) is 13.2 Å². The second kappa shape index (κ2) is 10.6. The number of methoxy groups -OCH3 is 1. The molecule has 0 aliphatic heterocycles. The molecule has 0 saturated heterocycles. The molecular formula is C20H22N2O4. The Labute approximate surface area is 153 Å². The van der Waals surface area contributed by atoms with Crippen molar-refractivity contribution in [3.05, 3.63) is 54.1 Å². The number of nitriles is 1. The van der Waals surface area contributed by atoms with Crippen LogP contribution in [0, 0.1) is 11.3 Å². The molecule has 0 bridgehead atoms. The molecule has 1 amide bonds. The molecule has 2 aromatic rings. The van der Waals surface area contributed by atoms with Gasteiger partial charge in [-0.15, -0.1) is 0 Å². The van der Waals surface area contributed by atoms with Gasteiger partial charge in [-0.1, -0.05) is 24.3 Å². The zero-order chi connectivity index (χ0) is 18.6. The second-order valence-corrected chi connectivity index (χ2v) is 5.43. The van der Waals surface area contributed by atoms with Crippen molar-refractivity contribution < 1.29 is 19.0 Å². The zero-order valence-corrected chi connectivity index (χ0v) is 14.7. The molecule has 136 valence electrons. The minimum Gasteiger partial charge on any atom is -0.493 e. The van der Waals surface area contributed by atoms with E-state index in [-0.39, 0.29) is 12.3 Å². The standard InChI is InChI=1S/C20H22N2O4/c1-24-18-4-2-3-5-19(18)26-15-14-25-17-8-6-16(7-9-17)11-13-22-20(23)10-12-21/h2-9H,10-11,13-15H2,1H3,(H,22,23). The van der Waals surface area contributed by atoms with Crippen molar-refractivity contribution in [3.63, 3.8) is 0 Å². The molecule has 0 heterocycles. The van der Waals surface area contributed by atoms with Crippen molar-refractivity contribution in [2.75, 3.05) is 26.9 Å². The summed E-state index contributed by atoms with van der Waals surface area (Å²) in [7, 11) is 1.61. The van der Waals surface area contributed by atoms with Gasteiger partial charge in [0.15, 0.2) is 11.5 Å². The number of carbonyl (C=O) groups is 1. The summed E-state index contributed by atoms with van der Waals surface area (Å²) in [4.78, 5) is 11.2. The van der Waals surface area contributed by atoms with E-state index in [4.69, 9.17) is 19.5 Å². The van der Waals surface area contributed by atoms with Crippen molar-refractivity contribution in [1.82, 2.24) is 5.32 Å². The Morgan fingerprint density at radius 1 is 1.04 bits per heavy atom. The number of para-hydroxylation sites is 2. The van der Waals surface area contributed by atoms with E-state index in [1.807, 2.05) is 54.6 Å². The van der Waals surface area contributed by atoms with Crippen LogP contribution in [-0.2, 0) is 11.2 Å². The van der Waals surface area contributed by atoms with Crippen LogP contribution in [0.15, 0.2) is 48.5 Å². The SMILES string of the molecule is COc1ccccc1OCCOc1ccc(CCNC(=O)CC#N)cc1. The van der Waals surface area contributed by atoms with Crippen LogP contribution in [-0.4, -0.2) is 32.8 Å². The van der Waals surface area contributed by atoms with Crippen LogP contribution < -0.4 is 19.5 Å². The van der Waals surface area contributed by atoms with E-state index in [0.29, 0.717) is 37.7 Å². The van der Waals surface area contributed by atoms with Gasteiger partial charge in [-0.3, -0.25) is 4.79 Å². The average molecular weight is 354 g/mol. The molecule has 0 aliphatic rings. The van der Waals surface area contributed by atoms with E-state index in [2.05, 4.69) is 5.32 Å². The second-order valence-electron chi connectivity index (χ2n) is 5.43. The maximum Gasteiger partial charge on any atom is 0.234 e. The highest BCUT2D eigenvalue weighted by Crippen LogP contribution is 2.25. The maximum atomic E-state index is 11.2. The largest absolute Gasteiger partial charge is 0.493 e. The highest BCUT2D eigenvalue weighted by molar-refractivity contribution is 5.77. The van der Waals surface area contributed by atoms with Crippen LogP contribution in [0.3, 0.4) is 0 Å². The van der Waals surface area contributed by atoms with Crippen LogP contribution >= 0.6 is 0 Å². The first-order chi connectivity index (χ1) is 12.7. The predicted molar refractivity (Wildman–Crippen MR) is 97.4 cm³/mol. The summed E-state index contributed by atoms with van der Waals surface area (Å²) in [6, 6.07) is 17.0. The van der Waals surface area contributed by atoms with E-state index in [1.54, 1.807) is 7.11 Å². The van der Waals surface area contributed by atoms with Crippen LogP contribution in [0.5, 0.6) is 17.2 Å². The lowest BCUT2D eigenvalue weighted by Gasteiger charge is -2.11. The Bertz CT molecular complexity index is 738. The van der Waals surface area contributed by atoms with Gasteiger partial charge in [0.2, 0.25) is 5.91 Å². The van der Waals surface area contributed by atoms with Gasteiger partial charge in [-0.25, -0.2) is 0 Å². The molecule has 0 aromatic heterocycles. The van der Waals surface area contributed by atoms with Gasteiger partial charge in [0, 0.05) is 6.54 Å². The number of hydrogen-bond donors (Lipinski definition) is 1. The molecule has 0 aliphatic carbocycles. The normalized spacial score (nSPS) is 9.85. The first-order valence-corrected chi connectivity index (χ1v) is 8.34. The number of benzene rings is 2. The smallest absolute Gasteiger partial charge is 0.234 e. The first kappa shape index (κ1) is 19.1. The number of hydrogen-bond acceptors (Lipinski definition) is 5. The van der Waals surface area contributed by atoms with Crippen LogP contribution in [0.1, 0.15) is 12.0 Å². The number of nitrogens with zero attached hydrogens (tertiary/aromatic N) is 1. The molecule has 6 heteroatoms. The van der Waals surface area contributed by atoms with Crippen LogP contribution in [0.2, 0.25) is 0 Å². The van der Waals surface area contributed by atoms with Gasteiger partial charge >= 0.3 is 0 Å². The third-order valence-corrected chi connectivity index (χ3v) is 3.58. The maximum absolute atomic E-state index is 11.2. The quantitative estimate of drug-likeness (QED) is 0.664. The Kier molecular flexibility index (Phi) is 7.81. The number of nitrogens with one attached hydrogen (secondary N) is 1. The van der Waals surface area contributed by atoms with E-state index < -0.39 is 0 Å². The van der Waals surface area contributed by atoms with Crippen molar-refractivity contribution in [3.8, 4) is 23.3 Å². The van der Waals surface area contributed by atoms with E-state index in [0.717, 1.165) is 11.3 Å². The molecule has 0 radical (unpaired) electrons. The highest BCUT2D eigenvalue weighted by atomic mass is 16.5. The van der Waals surface area contributed by atoms with E-state index in [9.17, 15) is 4.79 Å². The van der Waals surface area contributed by atoms with E-state index >= 15 is 0 Å². The monoisotopic (exact) mass is 354 g/mol. The lowest BCUT2D eigenvalue weighted by Crippen LogP contribution is -2.24. The fourth-order valence-electron chi connectivity index (χ4n) is 2.28. The summed E-state index contributed by atoms with van der Waals surface area (Å²) >= 11 is 0. The minimum absolute atomic E-state index is 0.107. The fraction of sp³-hybridized carbons (Fsp3) is 0.300. The molecular weight excluding hydrogens is 332 g/mol.